The van der Waals surface area contributed by atoms with Gasteiger partial charge in [-0.2, -0.15) is 0 Å². The van der Waals surface area contributed by atoms with Gasteiger partial charge in [0, 0.05) is 24.4 Å². The van der Waals surface area contributed by atoms with Crippen LogP contribution in [-0.2, 0) is 4.79 Å². The number of benzene rings is 1. The van der Waals surface area contributed by atoms with Crippen molar-refractivity contribution in [3.8, 4) is 0 Å². The van der Waals surface area contributed by atoms with Crippen molar-refractivity contribution in [1.29, 1.82) is 0 Å². The van der Waals surface area contributed by atoms with Crippen molar-refractivity contribution in [2.45, 2.75) is 45.4 Å². The van der Waals surface area contributed by atoms with Gasteiger partial charge in [0.25, 0.3) is 0 Å². The van der Waals surface area contributed by atoms with Crippen LogP contribution >= 0.6 is 0 Å². The lowest BCUT2D eigenvalue weighted by Gasteiger charge is -2.35. The number of amides is 1. The standard InChI is InChI=1S/C17H23NO/c1-13-5-3-6-14(11-13)15-7-4-10-18(12-15)16(19)17(2)8-9-17/h3,5-6,11,15H,4,7-10,12H2,1-2H3. The normalized spacial score (nSPS) is 25.2. The second-order valence-corrected chi connectivity index (χ2v) is 6.57. The van der Waals surface area contributed by atoms with Crippen molar-refractivity contribution in [1.82, 2.24) is 4.90 Å². The van der Waals surface area contributed by atoms with Gasteiger partial charge in [-0.3, -0.25) is 4.79 Å². The van der Waals surface area contributed by atoms with E-state index < -0.39 is 0 Å². The van der Waals surface area contributed by atoms with E-state index in [9.17, 15) is 4.79 Å². The van der Waals surface area contributed by atoms with Gasteiger partial charge >= 0.3 is 0 Å². The zero-order chi connectivity index (χ0) is 13.5. The van der Waals surface area contributed by atoms with E-state index in [1.165, 1.54) is 17.5 Å². The predicted octanol–water partition coefficient (Wildman–Crippen LogP) is 3.50. The summed E-state index contributed by atoms with van der Waals surface area (Å²) in [6.45, 7) is 6.13. The summed E-state index contributed by atoms with van der Waals surface area (Å²) in [5.41, 5.74) is 2.70. The van der Waals surface area contributed by atoms with Gasteiger partial charge in [-0.1, -0.05) is 36.8 Å². The summed E-state index contributed by atoms with van der Waals surface area (Å²) in [6.07, 6.45) is 4.51. The third-order valence-corrected chi connectivity index (χ3v) is 4.74. The molecule has 1 saturated heterocycles. The number of nitrogens with zero attached hydrogens (tertiary/aromatic N) is 1. The highest BCUT2D eigenvalue weighted by Gasteiger charge is 2.47. The minimum atomic E-state index is -0.0194. The Morgan fingerprint density at radius 3 is 2.84 bits per heavy atom. The molecular formula is C17H23NO. The summed E-state index contributed by atoms with van der Waals surface area (Å²) in [5, 5.41) is 0. The van der Waals surface area contributed by atoms with Crippen LogP contribution in [0.4, 0.5) is 0 Å². The zero-order valence-corrected chi connectivity index (χ0v) is 12.0. The number of hydrogen-bond acceptors (Lipinski definition) is 1. The zero-order valence-electron chi connectivity index (χ0n) is 12.0. The first kappa shape index (κ1) is 12.7. The second-order valence-electron chi connectivity index (χ2n) is 6.57. The highest BCUT2D eigenvalue weighted by molar-refractivity contribution is 5.85. The molecule has 2 heteroatoms. The van der Waals surface area contributed by atoms with Gasteiger partial charge in [0.2, 0.25) is 5.91 Å². The third kappa shape index (κ3) is 2.54. The summed E-state index contributed by atoms with van der Waals surface area (Å²) >= 11 is 0. The van der Waals surface area contributed by atoms with Crippen molar-refractivity contribution >= 4 is 5.91 Å². The maximum atomic E-state index is 12.5. The summed E-state index contributed by atoms with van der Waals surface area (Å²) in [5.74, 6) is 0.921. The van der Waals surface area contributed by atoms with Gasteiger partial charge in [-0.25, -0.2) is 0 Å². The van der Waals surface area contributed by atoms with Crippen molar-refractivity contribution < 1.29 is 4.79 Å². The van der Waals surface area contributed by atoms with Crippen LogP contribution in [0, 0.1) is 12.3 Å². The number of carbonyl (C=O) groups is 1. The molecule has 0 radical (unpaired) electrons. The molecule has 1 unspecified atom stereocenters. The largest absolute Gasteiger partial charge is 0.342 e. The molecule has 2 nitrogen and oxygen atoms in total. The highest BCUT2D eigenvalue weighted by Crippen LogP contribution is 2.47. The summed E-state index contributed by atoms with van der Waals surface area (Å²) in [6, 6.07) is 8.76. The van der Waals surface area contributed by atoms with E-state index >= 15 is 0 Å². The Hall–Kier alpha value is -1.31. The van der Waals surface area contributed by atoms with Crippen LogP contribution < -0.4 is 0 Å². The summed E-state index contributed by atoms with van der Waals surface area (Å²) in [4.78, 5) is 14.6. The lowest BCUT2D eigenvalue weighted by atomic mass is 9.89. The fourth-order valence-electron chi connectivity index (χ4n) is 3.14. The average molecular weight is 257 g/mol. The number of piperidine rings is 1. The molecule has 0 bridgehead atoms. The first-order valence-electron chi connectivity index (χ1n) is 7.44. The van der Waals surface area contributed by atoms with Crippen LogP contribution in [0.1, 0.15) is 49.7 Å². The second kappa shape index (κ2) is 4.66. The summed E-state index contributed by atoms with van der Waals surface area (Å²) in [7, 11) is 0. The molecule has 1 saturated carbocycles. The smallest absolute Gasteiger partial charge is 0.228 e. The van der Waals surface area contributed by atoms with Gasteiger partial charge in [0.15, 0.2) is 0 Å². The molecule has 0 N–H and O–H groups in total. The lowest BCUT2D eigenvalue weighted by molar-refractivity contribution is -0.137. The minimum absolute atomic E-state index is 0.0194. The molecule has 1 atom stereocenters. The Bertz CT molecular complexity index is 490. The molecule has 19 heavy (non-hydrogen) atoms. The van der Waals surface area contributed by atoms with Crippen LogP contribution in [0.2, 0.25) is 0 Å². The monoisotopic (exact) mass is 257 g/mol. The molecule has 1 aliphatic carbocycles. The molecular weight excluding hydrogens is 234 g/mol. The maximum Gasteiger partial charge on any atom is 0.228 e. The molecule has 1 heterocycles. The average Bonchev–Trinajstić information content (AvgIpc) is 3.17. The fraction of sp³-hybridized carbons (Fsp3) is 0.588. The molecule has 2 fully saturated rings. The predicted molar refractivity (Wildman–Crippen MR) is 77.1 cm³/mol. The Labute approximate surface area is 115 Å². The quantitative estimate of drug-likeness (QED) is 0.794. The molecule has 3 rings (SSSR count). The van der Waals surface area contributed by atoms with E-state index in [2.05, 4.69) is 43.0 Å². The first-order chi connectivity index (χ1) is 9.08. The van der Waals surface area contributed by atoms with E-state index in [4.69, 9.17) is 0 Å². The Morgan fingerprint density at radius 2 is 2.16 bits per heavy atom. The van der Waals surface area contributed by atoms with Crippen molar-refractivity contribution in [2.75, 3.05) is 13.1 Å². The number of carbonyl (C=O) groups excluding carboxylic acids is 1. The fourth-order valence-corrected chi connectivity index (χ4v) is 3.14. The third-order valence-electron chi connectivity index (χ3n) is 4.74. The topological polar surface area (TPSA) is 20.3 Å². The molecule has 1 aromatic carbocycles. The summed E-state index contributed by atoms with van der Waals surface area (Å²) < 4.78 is 0. The van der Waals surface area contributed by atoms with Crippen LogP contribution in [0.3, 0.4) is 0 Å². The molecule has 0 aromatic heterocycles. The van der Waals surface area contributed by atoms with E-state index in [0.717, 1.165) is 32.4 Å². The van der Waals surface area contributed by atoms with Crippen LogP contribution in [-0.4, -0.2) is 23.9 Å². The van der Waals surface area contributed by atoms with Crippen LogP contribution in [0.5, 0.6) is 0 Å². The molecule has 1 aromatic rings. The van der Waals surface area contributed by atoms with Crippen molar-refractivity contribution in [2.24, 2.45) is 5.41 Å². The van der Waals surface area contributed by atoms with Crippen molar-refractivity contribution in [3.05, 3.63) is 35.4 Å². The van der Waals surface area contributed by atoms with E-state index in [1.807, 2.05) is 0 Å². The maximum absolute atomic E-state index is 12.5. The van der Waals surface area contributed by atoms with Crippen LogP contribution in [0.15, 0.2) is 24.3 Å². The van der Waals surface area contributed by atoms with Gasteiger partial charge < -0.3 is 4.90 Å². The van der Waals surface area contributed by atoms with Gasteiger partial charge in [-0.05, 0) is 38.2 Å². The van der Waals surface area contributed by atoms with Gasteiger partial charge in [0.05, 0.1) is 0 Å². The number of hydrogen-bond donors (Lipinski definition) is 0. The van der Waals surface area contributed by atoms with E-state index in [0.29, 0.717) is 11.8 Å². The SMILES string of the molecule is Cc1cccc(C2CCCN(C(=O)C3(C)CC3)C2)c1. The first-order valence-corrected chi connectivity index (χ1v) is 7.44. The number of aryl methyl sites for hydroxylation is 1. The minimum Gasteiger partial charge on any atom is -0.342 e. The Morgan fingerprint density at radius 1 is 1.37 bits per heavy atom. The van der Waals surface area contributed by atoms with E-state index in [1.54, 1.807) is 0 Å². The number of likely N-dealkylation sites (tertiary alicyclic amines) is 1. The molecule has 1 aliphatic heterocycles. The van der Waals surface area contributed by atoms with Crippen molar-refractivity contribution in [3.63, 3.8) is 0 Å². The number of rotatable bonds is 2. The van der Waals surface area contributed by atoms with Crippen LogP contribution in [0.25, 0.3) is 0 Å². The molecule has 102 valence electrons. The molecule has 1 amide bonds. The highest BCUT2D eigenvalue weighted by atomic mass is 16.2. The Kier molecular flexibility index (Phi) is 3.12. The van der Waals surface area contributed by atoms with Gasteiger partial charge in [0.1, 0.15) is 0 Å². The van der Waals surface area contributed by atoms with Gasteiger partial charge in [-0.15, -0.1) is 0 Å². The Balaban J connectivity index is 1.73. The lowest BCUT2D eigenvalue weighted by Crippen LogP contribution is -2.42. The molecule has 2 aliphatic rings. The van der Waals surface area contributed by atoms with E-state index in [-0.39, 0.29) is 5.41 Å². The molecule has 0 spiro atoms.